The van der Waals surface area contributed by atoms with Crippen LogP contribution in [0.25, 0.3) is 0 Å². The van der Waals surface area contributed by atoms with Crippen molar-refractivity contribution in [2.24, 2.45) is 5.41 Å². The van der Waals surface area contributed by atoms with Gasteiger partial charge in [-0.25, -0.2) is 0 Å². The molecule has 2 aliphatic heterocycles. The molecule has 2 N–H and O–H groups in total. The van der Waals surface area contributed by atoms with Crippen molar-refractivity contribution in [2.45, 2.75) is 33.1 Å². The number of rotatable bonds is 3. The molecule has 2 aromatic carbocycles. The molecule has 2 atom stereocenters. The molecule has 1 aliphatic carbocycles. The predicted molar refractivity (Wildman–Crippen MR) is 123 cm³/mol. The molecule has 0 radical (unpaired) electrons. The van der Waals surface area contributed by atoms with E-state index in [4.69, 9.17) is 0 Å². The maximum absolute atomic E-state index is 4.12. The summed E-state index contributed by atoms with van der Waals surface area (Å²) in [6, 6.07) is 17.2. The van der Waals surface area contributed by atoms with Gasteiger partial charge in [0.25, 0.3) is 0 Å². The lowest BCUT2D eigenvalue weighted by Crippen LogP contribution is -2.50. The van der Waals surface area contributed by atoms with Crippen molar-refractivity contribution < 1.29 is 0 Å². The highest BCUT2D eigenvalue weighted by Crippen LogP contribution is 2.53. The molecule has 2 heterocycles. The van der Waals surface area contributed by atoms with E-state index in [2.05, 4.69) is 110 Å². The molecule has 0 saturated heterocycles. The summed E-state index contributed by atoms with van der Waals surface area (Å²) in [4.78, 5) is 2.49. The first-order valence-electron chi connectivity index (χ1n) is 10.3. The number of benzene rings is 2. The number of nitrogens with zero attached hydrogens (tertiary/aromatic N) is 1. The van der Waals surface area contributed by atoms with Gasteiger partial charge in [0.15, 0.2) is 0 Å². The Morgan fingerprint density at radius 2 is 1.66 bits per heavy atom. The van der Waals surface area contributed by atoms with Gasteiger partial charge in [-0.05, 0) is 41.8 Å². The molecular formula is C26H27N3. The molecule has 0 bridgehead atoms. The van der Waals surface area contributed by atoms with Crippen molar-refractivity contribution in [3.05, 3.63) is 102 Å². The Labute approximate surface area is 173 Å². The average Bonchev–Trinajstić information content (AvgIpc) is 3.22. The van der Waals surface area contributed by atoms with Crippen molar-refractivity contribution in [2.75, 3.05) is 15.5 Å². The van der Waals surface area contributed by atoms with E-state index in [9.17, 15) is 0 Å². The maximum Gasteiger partial charge on any atom is 0.130 e. The fourth-order valence-electron chi connectivity index (χ4n) is 5.06. The number of para-hydroxylation sites is 3. The first kappa shape index (κ1) is 17.9. The van der Waals surface area contributed by atoms with Gasteiger partial charge in [-0.15, -0.1) is 0 Å². The van der Waals surface area contributed by atoms with Crippen LogP contribution in [0.4, 0.5) is 17.1 Å². The second-order valence-electron chi connectivity index (χ2n) is 8.40. The van der Waals surface area contributed by atoms with Crippen LogP contribution >= 0.6 is 0 Å². The second kappa shape index (κ2) is 6.41. The summed E-state index contributed by atoms with van der Waals surface area (Å²) < 4.78 is 0. The van der Waals surface area contributed by atoms with Gasteiger partial charge in [-0.2, -0.15) is 0 Å². The Morgan fingerprint density at radius 1 is 0.966 bits per heavy atom. The smallest absolute Gasteiger partial charge is 0.130 e. The highest BCUT2D eigenvalue weighted by atomic mass is 15.4. The molecule has 0 aromatic heterocycles. The second-order valence-corrected chi connectivity index (χ2v) is 8.40. The van der Waals surface area contributed by atoms with Crippen molar-refractivity contribution in [3.8, 4) is 0 Å². The van der Waals surface area contributed by atoms with Gasteiger partial charge in [0, 0.05) is 16.7 Å². The Morgan fingerprint density at radius 3 is 2.41 bits per heavy atom. The third-order valence-corrected chi connectivity index (χ3v) is 6.44. The molecule has 0 saturated carbocycles. The normalized spacial score (nSPS) is 23.8. The molecule has 29 heavy (non-hydrogen) atoms. The molecule has 0 fully saturated rings. The SMILES string of the molecule is C=CC1=C(/C=C\C)C=C(C2Nc3ccccc3C3Nc4ccccc4N23)C1(C)C. The highest BCUT2D eigenvalue weighted by molar-refractivity contribution is 5.82. The van der Waals surface area contributed by atoms with E-state index in [1.807, 2.05) is 6.08 Å². The first-order valence-corrected chi connectivity index (χ1v) is 10.3. The molecule has 146 valence electrons. The molecule has 0 spiro atoms. The Bertz CT molecular complexity index is 1090. The van der Waals surface area contributed by atoms with E-state index in [0.29, 0.717) is 0 Å². The zero-order chi connectivity index (χ0) is 20.2. The van der Waals surface area contributed by atoms with Gasteiger partial charge >= 0.3 is 0 Å². The highest BCUT2D eigenvalue weighted by Gasteiger charge is 2.46. The van der Waals surface area contributed by atoms with Crippen LogP contribution < -0.4 is 15.5 Å². The van der Waals surface area contributed by atoms with E-state index in [0.717, 1.165) is 0 Å². The van der Waals surface area contributed by atoms with Gasteiger partial charge in [-0.3, -0.25) is 0 Å². The van der Waals surface area contributed by atoms with Crippen LogP contribution in [0.5, 0.6) is 0 Å². The monoisotopic (exact) mass is 381 g/mol. The molecular weight excluding hydrogens is 354 g/mol. The van der Waals surface area contributed by atoms with E-state index in [1.54, 1.807) is 0 Å². The molecule has 0 amide bonds. The summed E-state index contributed by atoms with van der Waals surface area (Å²) in [5.74, 6) is 0. The van der Waals surface area contributed by atoms with Gasteiger partial charge in [0.1, 0.15) is 12.3 Å². The molecule has 3 heteroatoms. The number of hydrogen-bond donors (Lipinski definition) is 2. The molecule has 3 aliphatic rings. The minimum absolute atomic E-state index is 0.0544. The lowest BCUT2D eigenvalue weighted by molar-refractivity contribution is 0.493. The number of fused-ring (bicyclic) bond motifs is 5. The van der Waals surface area contributed by atoms with Crippen molar-refractivity contribution in [1.29, 1.82) is 0 Å². The largest absolute Gasteiger partial charge is 0.361 e. The van der Waals surface area contributed by atoms with E-state index >= 15 is 0 Å². The summed E-state index contributed by atoms with van der Waals surface area (Å²) in [7, 11) is 0. The predicted octanol–water partition coefficient (Wildman–Crippen LogP) is 6.39. The number of hydrogen-bond acceptors (Lipinski definition) is 3. The number of allylic oxidation sites excluding steroid dienone is 6. The third kappa shape index (κ3) is 2.50. The van der Waals surface area contributed by atoms with E-state index < -0.39 is 0 Å². The standard InChI is InChI=1S/C26H27N3/c1-5-11-17-16-20(26(3,4)19(17)6-2)25-27-21-13-8-7-12-18(21)24-28-22-14-9-10-15-23(22)29(24)25/h5-16,24-25,27-28H,2H2,1,3-4H3/b11-5-. The van der Waals surface area contributed by atoms with Crippen LogP contribution in [0, 0.1) is 5.41 Å². The van der Waals surface area contributed by atoms with Crippen molar-refractivity contribution in [3.63, 3.8) is 0 Å². The average molecular weight is 382 g/mol. The van der Waals surface area contributed by atoms with E-state index in [-0.39, 0.29) is 17.7 Å². The summed E-state index contributed by atoms with van der Waals surface area (Å²) >= 11 is 0. The Hall–Kier alpha value is -3.20. The Kier molecular flexibility index (Phi) is 3.95. The van der Waals surface area contributed by atoms with E-state index in [1.165, 1.54) is 39.3 Å². The van der Waals surface area contributed by atoms with Gasteiger partial charge < -0.3 is 15.5 Å². The lowest BCUT2D eigenvalue weighted by atomic mass is 9.78. The maximum atomic E-state index is 4.12. The summed E-state index contributed by atoms with van der Waals surface area (Å²) in [5, 5.41) is 7.59. The lowest BCUT2D eigenvalue weighted by Gasteiger charge is -2.45. The van der Waals surface area contributed by atoms with Crippen molar-refractivity contribution in [1.82, 2.24) is 0 Å². The van der Waals surface area contributed by atoms with Gasteiger partial charge in [0.2, 0.25) is 0 Å². The number of anilines is 3. The van der Waals surface area contributed by atoms with Crippen LogP contribution in [0.15, 0.2) is 96.1 Å². The fourth-order valence-corrected chi connectivity index (χ4v) is 5.06. The fraction of sp³-hybridized carbons (Fsp3) is 0.231. The minimum Gasteiger partial charge on any atom is -0.361 e. The van der Waals surface area contributed by atoms with Gasteiger partial charge in [-0.1, -0.05) is 75.1 Å². The molecule has 3 nitrogen and oxygen atoms in total. The molecule has 5 rings (SSSR count). The van der Waals surface area contributed by atoms with Crippen LogP contribution in [0.2, 0.25) is 0 Å². The zero-order valence-electron chi connectivity index (χ0n) is 17.2. The zero-order valence-corrected chi connectivity index (χ0v) is 17.2. The van der Waals surface area contributed by atoms with Crippen LogP contribution in [-0.2, 0) is 0 Å². The topological polar surface area (TPSA) is 27.3 Å². The minimum atomic E-state index is -0.109. The van der Waals surface area contributed by atoms with Gasteiger partial charge in [0.05, 0.1) is 11.4 Å². The quantitative estimate of drug-likeness (QED) is 0.645. The van der Waals surface area contributed by atoms with Crippen LogP contribution in [0.1, 0.15) is 32.5 Å². The third-order valence-electron chi connectivity index (χ3n) is 6.44. The first-order chi connectivity index (χ1) is 14.1. The summed E-state index contributed by atoms with van der Waals surface area (Å²) in [6.45, 7) is 10.8. The number of nitrogens with one attached hydrogen (secondary N) is 2. The summed E-state index contributed by atoms with van der Waals surface area (Å²) in [5.41, 5.74) is 8.67. The summed E-state index contributed by atoms with van der Waals surface area (Å²) in [6.07, 6.45) is 8.83. The molecule has 2 aromatic rings. The van der Waals surface area contributed by atoms with Crippen LogP contribution in [-0.4, -0.2) is 6.17 Å². The van der Waals surface area contributed by atoms with Crippen molar-refractivity contribution >= 4 is 17.1 Å². The molecule has 2 unspecified atom stereocenters. The van der Waals surface area contributed by atoms with Crippen LogP contribution in [0.3, 0.4) is 0 Å². The Balaban J connectivity index is 1.67.